The molecule has 1 aliphatic heterocycles. The van der Waals surface area contributed by atoms with Crippen molar-refractivity contribution in [1.82, 2.24) is 0 Å². The minimum Gasteiger partial charge on any atom is -0.489 e. The third kappa shape index (κ3) is 3.90. The van der Waals surface area contributed by atoms with Crippen molar-refractivity contribution in [2.24, 2.45) is 5.41 Å². The maximum absolute atomic E-state index is 12.7. The van der Waals surface area contributed by atoms with Crippen molar-refractivity contribution in [2.45, 2.75) is 12.8 Å². The van der Waals surface area contributed by atoms with Crippen molar-refractivity contribution in [3.8, 4) is 23.0 Å². The van der Waals surface area contributed by atoms with Crippen LogP contribution in [-0.2, 0) is 0 Å². The van der Waals surface area contributed by atoms with Gasteiger partial charge in [0.05, 0.1) is 13.2 Å². The molecular weight excluding hydrogens is 366 g/mol. The van der Waals surface area contributed by atoms with E-state index >= 15 is 0 Å². The molecule has 1 fully saturated rings. The highest BCUT2D eigenvalue weighted by Crippen LogP contribution is 2.49. The van der Waals surface area contributed by atoms with Crippen LogP contribution in [-0.4, -0.2) is 19.1 Å². The monoisotopic (exact) mass is 387 g/mol. The number of carbonyl (C=O) groups excluding carboxylic acids is 1. The zero-order valence-electron chi connectivity index (χ0n) is 15.9. The number of amides is 1. The topological polar surface area (TPSA) is 56.8 Å². The summed E-state index contributed by atoms with van der Waals surface area (Å²) in [4.78, 5) is 12.7. The first kappa shape index (κ1) is 17.6. The summed E-state index contributed by atoms with van der Waals surface area (Å²) >= 11 is 0. The largest absolute Gasteiger partial charge is 0.489 e. The normalized spacial score (nSPS) is 16.0. The summed E-state index contributed by atoms with van der Waals surface area (Å²) in [6.45, 7) is 1.33. The zero-order chi connectivity index (χ0) is 19.7. The third-order valence-electron chi connectivity index (χ3n) is 5.32. The maximum atomic E-state index is 12.7. The van der Waals surface area contributed by atoms with Crippen molar-refractivity contribution in [3.05, 3.63) is 78.4 Å². The lowest BCUT2D eigenvalue weighted by atomic mass is 10.1. The molecule has 0 radical (unpaired) electrons. The average molecular weight is 387 g/mol. The second-order valence-electron chi connectivity index (χ2n) is 7.63. The molecule has 0 aromatic heterocycles. The highest BCUT2D eigenvalue weighted by atomic mass is 16.5. The van der Waals surface area contributed by atoms with Crippen molar-refractivity contribution in [3.63, 3.8) is 0 Å². The molecule has 1 saturated carbocycles. The molecule has 5 nitrogen and oxygen atoms in total. The Balaban J connectivity index is 1.25. The van der Waals surface area contributed by atoms with Gasteiger partial charge in [-0.2, -0.15) is 0 Å². The zero-order valence-corrected chi connectivity index (χ0v) is 15.9. The molecule has 5 heteroatoms. The van der Waals surface area contributed by atoms with Gasteiger partial charge in [0.25, 0.3) is 5.91 Å². The molecule has 3 aromatic rings. The summed E-state index contributed by atoms with van der Waals surface area (Å²) in [6.07, 6.45) is 2.27. The number of rotatable bonds is 4. The maximum Gasteiger partial charge on any atom is 0.255 e. The van der Waals surface area contributed by atoms with Crippen molar-refractivity contribution in [1.29, 1.82) is 0 Å². The molecule has 5 rings (SSSR count). The smallest absolute Gasteiger partial charge is 0.255 e. The number of carbonyl (C=O) groups is 1. The van der Waals surface area contributed by atoms with E-state index in [-0.39, 0.29) is 11.3 Å². The molecule has 2 aliphatic rings. The first-order valence-corrected chi connectivity index (χ1v) is 9.73. The standard InChI is InChI=1S/C24H21NO4/c26-23(17-6-11-21-22(14-17)28-16-24(12-13-24)15-27-21)25-18-7-9-20(10-8-18)29-19-4-2-1-3-5-19/h1-11,14H,12-13,15-16H2,(H,25,26). The number of benzene rings is 3. The number of fused-ring (bicyclic) bond motifs is 1. The van der Waals surface area contributed by atoms with Gasteiger partial charge in [0.15, 0.2) is 11.5 Å². The fourth-order valence-electron chi connectivity index (χ4n) is 3.28. The van der Waals surface area contributed by atoms with Gasteiger partial charge in [-0.15, -0.1) is 0 Å². The molecule has 3 aromatic carbocycles. The number of ether oxygens (including phenoxy) is 3. The van der Waals surface area contributed by atoms with Gasteiger partial charge in [-0.1, -0.05) is 18.2 Å². The van der Waals surface area contributed by atoms with E-state index in [1.807, 2.05) is 60.7 Å². The molecule has 1 amide bonds. The molecule has 0 bridgehead atoms. The molecular formula is C24H21NO4. The van der Waals surface area contributed by atoms with Crippen LogP contribution in [0.2, 0.25) is 0 Å². The van der Waals surface area contributed by atoms with E-state index in [0.717, 1.165) is 18.6 Å². The Kier molecular flexibility index (Phi) is 4.35. The molecule has 1 N–H and O–H groups in total. The Hall–Kier alpha value is -3.47. The summed E-state index contributed by atoms with van der Waals surface area (Å²) in [5.74, 6) is 2.61. The van der Waals surface area contributed by atoms with Crippen LogP contribution in [0, 0.1) is 5.41 Å². The molecule has 1 aliphatic carbocycles. The molecule has 146 valence electrons. The summed E-state index contributed by atoms with van der Waals surface area (Å²) < 4.78 is 17.6. The SMILES string of the molecule is O=C(Nc1ccc(Oc2ccccc2)cc1)c1ccc2c(c1)OCC1(CC1)CO2. The number of hydrogen-bond donors (Lipinski definition) is 1. The average Bonchev–Trinajstić information content (AvgIpc) is 3.56. The number of anilines is 1. The third-order valence-corrected chi connectivity index (χ3v) is 5.32. The molecule has 0 saturated heterocycles. The fraction of sp³-hybridized carbons (Fsp3) is 0.208. The van der Waals surface area contributed by atoms with Crippen LogP contribution < -0.4 is 19.5 Å². The van der Waals surface area contributed by atoms with E-state index in [9.17, 15) is 4.79 Å². The highest BCUT2D eigenvalue weighted by Gasteiger charge is 2.46. The lowest BCUT2D eigenvalue weighted by molar-refractivity contribution is 0.102. The van der Waals surface area contributed by atoms with Crippen LogP contribution in [0.3, 0.4) is 0 Å². The summed E-state index contributed by atoms with van der Waals surface area (Å²) in [7, 11) is 0. The predicted molar refractivity (Wildman–Crippen MR) is 110 cm³/mol. The van der Waals surface area contributed by atoms with Crippen LogP contribution in [0.25, 0.3) is 0 Å². The predicted octanol–water partition coefficient (Wildman–Crippen LogP) is 5.28. The van der Waals surface area contributed by atoms with E-state index in [1.54, 1.807) is 12.1 Å². The van der Waals surface area contributed by atoms with Gasteiger partial charge in [-0.25, -0.2) is 0 Å². The van der Waals surface area contributed by atoms with Crippen LogP contribution in [0.15, 0.2) is 72.8 Å². The van der Waals surface area contributed by atoms with E-state index in [0.29, 0.717) is 41.7 Å². The van der Waals surface area contributed by atoms with Gasteiger partial charge in [-0.05, 0) is 67.4 Å². The van der Waals surface area contributed by atoms with Gasteiger partial charge < -0.3 is 19.5 Å². The Labute approximate surface area is 169 Å². The molecule has 1 spiro atoms. The number of hydrogen-bond acceptors (Lipinski definition) is 4. The van der Waals surface area contributed by atoms with E-state index in [4.69, 9.17) is 14.2 Å². The molecule has 0 unspecified atom stereocenters. The van der Waals surface area contributed by atoms with Gasteiger partial charge in [0.1, 0.15) is 11.5 Å². The van der Waals surface area contributed by atoms with Crippen molar-refractivity contribution < 1.29 is 19.0 Å². The second kappa shape index (κ2) is 7.17. The van der Waals surface area contributed by atoms with Gasteiger partial charge in [0.2, 0.25) is 0 Å². The van der Waals surface area contributed by atoms with E-state index in [2.05, 4.69) is 5.32 Å². The van der Waals surface area contributed by atoms with Gasteiger partial charge in [-0.3, -0.25) is 4.79 Å². The lowest BCUT2D eigenvalue weighted by Crippen LogP contribution is -2.17. The lowest BCUT2D eigenvalue weighted by Gasteiger charge is -2.10. The van der Waals surface area contributed by atoms with Gasteiger partial charge >= 0.3 is 0 Å². The Morgan fingerprint density at radius 1 is 0.828 bits per heavy atom. The Bertz CT molecular complexity index is 1030. The minimum absolute atomic E-state index is 0.172. The van der Waals surface area contributed by atoms with Crippen LogP contribution in [0.5, 0.6) is 23.0 Å². The molecule has 0 atom stereocenters. The summed E-state index contributed by atoms with van der Waals surface area (Å²) in [5, 5.41) is 2.91. The van der Waals surface area contributed by atoms with E-state index < -0.39 is 0 Å². The summed E-state index contributed by atoms with van der Waals surface area (Å²) in [5.41, 5.74) is 1.40. The van der Waals surface area contributed by atoms with Crippen molar-refractivity contribution >= 4 is 11.6 Å². The molecule has 1 heterocycles. The van der Waals surface area contributed by atoms with Crippen molar-refractivity contribution in [2.75, 3.05) is 18.5 Å². The van der Waals surface area contributed by atoms with Crippen LogP contribution in [0.4, 0.5) is 5.69 Å². The first-order valence-electron chi connectivity index (χ1n) is 9.73. The van der Waals surface area contributed by atoms with Crippen LogP contribution in [0.1, 0.15) is 23.2 Å². The highest BCUT2D eigenvalue weighted by molar-refractivity contribution is 6.04. The van der Waals surface area contributed by atoms with E-state index in [1.165, 1.54) is 0 Å². The Morgan fingerprint density at radius 2 is 1.52 bits per heavy atom. The number of nitrogens with one attached hydrogen (secondary N) is 1. The quantitative estimate of drug-likeness (QED) is 0.661. The number of para-hydroxylation sites is 1. The van der Waals surface area contributed by atoms with Gasteiger partial charge in [0, 0.05) is 16.7 Å². The Morgan fingerprint density at radius 3 is 2.24 bits per heavy atom. The second-order valence-corrected chi connectivity index (χ2v) is 7.63. The summed E-state index contributed by atoms with van der Waals surface area (Å²) in [6, 6.07) is 22.2. The molecule has 29 heavy (non-hydrogen) atoms. The van der Waals surface area contributed by atoms with Crippen LogP contribution >= 0.6 is 0 Å². The first-order chi connectivity index (χ1) is 14.2. The minimum atomic E-state index is -0.196. The fourth-order valence-corrected chi connectivity index (χ4v) is 3.28.